The van der Waals surface area contributed by atoms with Gasteiger partial charge >= 0.3 is 0 Å². The number of hydrogen-bond acceptors (Lipinski definition) is 3. The van der Waals surface area contributed by atoms with Gasteiger partial charge in [-0.3, -0.25) is 5.41 Å². The molecule has 0 radical (unpaired) electrons. The predicted octanol–water partition coefficient (Wildman–Crippen LogP) is 3.46. The first-order chi connectivity index (χ1) is 10.2. The SMILES string of the molecule is CCC1CCCCC1OCc1ccc(OC)c(C(=N)N)c1. The van der Waals surface area contributed by atoms with Crippen LogP contribution in [0.25, 0.3) is 0 Å². The van der Waals surface area contributed by atoms with E-state index in [1.807, 2.05) is 18.2 Å². The van der Waals surface area contributed by atoms with E-state index in [1.54, 1.807) is 7.11 Å². The fourth-order valence-corrected chi connectivity index (χ4v) is 3.12. The van der Waals surface area contributed by atoms with E-state index < -0.39 is 0 Å². The molecule has 1 aliphatic carbocycles. The normalized spacial score (nSPS) is 22.0. The zero-order valence-corrected chi connectivity index (χ0v) is 13.0. The predicted molar refractivity (Wildman–Crippen MR) is 84.8 cm³/mol. The van der Waals surface area contributed by atoms with E-state index in [2.05, 4.69) is 6.92 Å². The van der Waals surface area contributed by atoms with E-state index in [4.69, 9.17) is 20.6 Å². The van der Waals surface area contributed by atoms with Crippen LogP contribution in [0.1, 0.15) is 50.2 Å². The van der Waals surface area contributed by atoms with Crippen molar-refractivity contribution in [3.8, 4) is 5.75 Å². The van der Waals surface area contributed by atoms with Crippen LogP contribution < -0.4 is 10.5 Å². The van der Waals surface area contributed by atoms with Crippen LogP contribution in [-0.4, -0.2) is 19.0 Å². The number of rotatable bonds is 6. The third-order valence-corrected chi connectivity index (χ3v) is 4.38. The van der Waals surface area contributed by atoms with Crippen molar-refractivity contribution in [1.82, 2.24) is 0 Å². The molecule has 2 atom stereocenters. The van der Waals surface area contributed by atoms with E-state index in [0.29, 0.717) is 29.9 Å². The average Bonchev–Trinajstić information content (AvgIpc) is 2.52. The molecule has 3 N–H and O–H groups in total. The second-order valence-corrected chi connectivity index (χ2v) is 5.75. The van der Waals surface area contributed by atoms with Crippen molar-refractivity contribution in [2.24, 2.45) is 11.7 Å². The molecule has 21 heavy (non-hydrogen) atoms. The minimum Gasteiger partial charge on any atom is -0.496 e. The van der Waals surface area contributed by atoms with Crippen LogP contribution in [0.5, 0.6) is 5.75 Å². The highest BCUT2D eigenvalue weighted by atomic mass is 16.5. The highest BCUT2D eigenvalue weighted by Gasteiger charge is 2.24. The Kier molecular flexibility index (Phi) is 5.62. The lowest BCUT2D eigenvalue weighted by Gasteiger charge is -2.30. The second kappa shape index (κ2) is 7.46. The molecule has 1 aromatic carbocycles. The van der Waals surface area contributed by atoms with Crippen molar-refractivity contribution in [2.75, 3.05) is 7.11 Å². The summed E-state index contributed by atoms with van der Waals surface area (Å²) in [5, 5.41) is 7.62. The first kappa shape index (κ1) is 15.8. The summed E-state index contributed by atoms with van der Waals surface area (Å²) in [4.78, 5) is 0. The van der Waals surface area contributed by atoms with Crippen LogP contribution >= 0.6 is 0 Å². The Morgan fingerprint density at radius 1 is 1.33 bits per heavy atom. The number of ether oxygens (including phenoxy) is 2. The van der Waals surface area contributed by atoms with Gasteiger partial charge in [0.25, 0.3) is 0 Å². The first-order valence-electron chi connectivity index (χ1n) is 7.78. The van der Waals surface area contributed by atoms with Crippen LogP contribution in [0.4, 0.5) is 0 Å². The van der Waals surface area contributed by atoms with E-state index in [1.165, 1.54) is 25.7 Å². The highest BCUT2D eigenvalue weighted by molar-refractivity contribution is 5.97. The third-order valence-electron chi connectivity index (χ3n) is 4.38. The lowest BCUT2D eigenvalue weighted by Crippen LogP contribution is -2.27. The topological polar surface area (TPSA) is 68.3 Å². The van der Waals surface area contributed by atoms with Gasteiger partial charge in [0.2, 0.25) is 0 Å². The molecule has 1 aromatic rings. The molecule has 0 spiro atoms. The van der Waals surface area contributed by atoms with Crippen molar-refractivity contribution in [3.63, 3.8) is 0 Å². The molecule has 1 saturated carbocycles. The number of nitrogens with two attached hydrogens (primary N) is 1. The van der Waals surface area contributed by atoms with Gasteiger partial charge in [-0.25, -0.2) is 0 Å². The summed E-state index contributed by atoms with van der Waals surface area (Å²) in [6.07, 6.45) is 6.59. The van der Waals surface area contributed by atoms with Crippen LogP contribution in [0, 0.1) is 11.3 Å². The Morgan fingerprint density at radius 2 is 2.10 bits per heavy atom. The smallest absolute Gasteiger partial charge is 0.129 e. The monoisotopic (exact) mass is 290 g/mol. The van der Waals surface area contributed by atoms with E-state index >= 15 is 0 Å². The summed E-state index contributed by atoms with van der Waals surface area (Å²) in [6.45, 7) is 2.82. The number of amidine groups is 1. The number of methoxy groups -OCH3 is 1. The van der Waals surface area contributed by atoms with Crippen LogP contribution in [0.3, 0.4) is 0 Å². The Balaban J connectivity index is 2.02. The van der Waals surface area contributed by atoms with Crippen LogP contribution in [0.15, 0.2) is 18.2 Å². The van der Waals surface area contributed by atoms with E-state index in [-0.39, 0.29) is 5.84 Å². The number of hydrogen-bond donors (Lipinski definition) is 2. The van der Waals surface area contributed by atoms with Gasteiger partial charge in [-0.2, -0.15) is 0 Å². The molecule has 2 rings (SSSR count). The van der Waals surface area contributed by atoms with Crippen LogP contribution in [0.2, 0.25) is 0 Å². The van der Waals surface area contributed by atoms with Gasteiger partial charge in [-0.15, -0.1) is 0 Å². The first-order valence-corrected chi connectivity index (χ1v) is 7.78. The van der Waals surface area contributed by atoms with Gasteiger partial charge in [0.15, 0.2) is 0 Å². The Bertz CT molecular complexity index is 488. The molecule has 0 saturated heterocycles. The van der Waals surface area contributed by atoms with Crippen molar-refractivity contribution in [3.05, 3.63) is 29.3 Å². The fraction of sp³-hybridized carbons (Fsp3) is 0.588. The lowest BCUT2D eigenvalue weighted by molar-refractivity contribution is -0.0222. The summed E-state index contributed by atoms with van der Waals surface area (Å²) in [7, 11) is 1.59. The van der Waals surface area contributed by atoms with Crippen LogP contribution in [-0.2, 0) is 11.3 Å². The van der Waals surface area contributed by atoms with Crippen molar-refractivity contribution >= 4 is 5.84 Å². The maximum absolute atomic E-state index is 7.62. The zero-order chi connectivity index (χ0) is 15.2. The zero-order valence-electron chi connectivity index (χ0n) is 13.0. The molecule has 4 heteroatoms. The van der Waals surface area contributed by atoms with Crippen molar-refractivity contribution < 1.29 is 9.47 Å². The van der Waals surface area contributed by atoms with Gasteiger partial charge in [-0.1, -0.05) is 32.3 Å². The quantitative estimate of drug-likeness (QED) is 0.622. The largest absolute Gasteiger partial charge is 0.496 e. The Morgan fingerprint density at radius 3 is 2.76 bits per heavy atom. The van der Waals surface area contributed by atoms with Gasteiger partial charge in [0.1, 0.15) is 11.6 Å². The second-order valence-electron chi connectivity index (χ2n) is 5.75. The lowest BCUT2D eigenvalue weighted by atomic mass is 9.85. The van der Waals surface area contributed by atoms with Gasteiger partial charge < -0.3 is 15.2 Å². The molecule has 0 aromatic heterocycles. The molecule has 0 heterocycles. The van der Waals surface area contributed by atoms with Crippen molar-refractivity contribution in [1.29, 1.82) is 5.41 Å². The average molecular weight is 290 g/mol. The summed E-state index contributed by atoms with van der Waals surface area (Å²) < 4.78 is 11.4. The molecule has 4 nitrogen and oxygen atoms in total. The third kappa shape index (κ3) is 3.97. The van der Waals surface area contributed by atoms with Gasteiger partial charge in [0.05, 0.1) is 25.4 Å². The van der Waals surface area contributed by atoms with E-state index in [9.17, 15) is 0 Å². The number of benzene rings is 1. The minimum absolute atomic E-state index is 0.0257. The molecule has 116 valence electrons. The molecule has 1 fully saturated rings. The number of nitrogen functional groups attached to an aromatic ring is 1. The Labute approximate surface area is 127 Å². The van der Waals surface area contributed by atoms with Gasteiger partial charge in [0, 0.05) is 0 Å². The molecular weight excluding hydrogens is 264 g/mol. The Hall–Kier alpha value is -1.55. The highest BCUT2D eigenvalue weighted by Crippen LogP contribution is 2.30. The maximum atomic E-state index is 7.62. The molecule has 1 aliphatic rings. The molecule has 0 amide bonds. The molecule has 2 unspecified atom stereocenters. The van der Waals surface area contributed by atoms with Gasteiger partial charge in [-0.05, 0) is 36.5 Å². The maximum Gasteiger partial charge on any atom is 0.129 e. The fourth-order valence-electron chi connectivity index (χ4n) is 3.12. The minimum atomic E-state index is 0.0257. The summed E-state index contributed by atoms with van der Waals surface area (Å²) in [6, 6.07) is 5.73. The standard InChI is InChI=1S/C17H26N2O2/c1-3-13-6-4-5-7-15(13)21-11-12-8-9-16(20-2)14(10-12)17(18)19/h8-10,13,15H,3-7,11H2,1-2H3,(H3,18,19). The molecular formula is C17H26N2O2. The summed E-state index contributed by atoms with van der Waals surface area (Å²) >= 11 is 0. The summed E-state index contributed by atoms with van der Waals surface area (Å²) in [5.74, 6) is 1.34. The summed E-state index contributed by atoms with van der Waals surface area (Å²) in [5.41, 5.74) is 7.28. The van der Waals surface area contributed by atoms with Crippen molar-refractivity contribution in [2.45, 2.75) is 51.7 Å². The number of nitrogens with one attached hydrogen (secondary N) is 1. The molecule has 0 bridgehead atoms. The van der Waals surface area contributed by atoms with E-state index in [0.717, 1.165) is 12.0 Å². The molecule has 0 aliphatic heterocycles.